The van der Waals surface area contributed by atoms with Crippen LogP contribution in [-0.2, 0) is 9.84 Å². The summed E-state index contributed by atoms with van der Waals surface area (Å²) >= 11 is 1.99. The highest BCUT2D eigenvalue weighted by Crippen LogP contribution is 2.51. The predicted octanol–water partition coefficient (Wildman–Crippen LogP) is 5.36. The Morgan fingerprint density at radius 3 is 2.33 bits per heavy atom. The second-order valence-electron chi connectivity index (χ2n) is 9.42. The van der Waals surface area contributed by atoms with E-state index < -0.39 is 21.4 Å². The van der Waals surface area contributed by atoms with E-state index in [1.54, 1.807) is 0 Å². The average Bonchev–Trinajstić information content (AvgIpc) is 2.75. The van der Waals surface area contributed by atoms with Crippen LogP contribution in [-0.4, -0.2) is 41.1 Å². The molecule has 0 aromatic heterocycles. The van der Waals surface area contributed by atoms with E-state index in [1.807, 2.05) is 11.8 Å². The highest BCUT2D eigenvalue weighted by Gasteiger charge is 2.54. The van der Waals surface area contributed by atoms with Gasteiger partial charge in [0.05, 0.1) is 17.1 Å². The third kappa shape index (κ3) is 4.71. The van der Waals surface area contributed by atoms with E-state index in [0.29, 0.717) is 5.25 Å². The molecular formula is C22H40O3S2. The van der Waals surface area contributed by atoms with Gasteiger partial charge < -0.3 is 5.11 Å². The highest BCUT2D eigenvalue weighted by atomic mass is 32.2. The molecule has 1 aliphatic heterocycles. The van der Waals surface area contributed by atoms with E-state index in [4.69, 9.17) is 0 Å². The zero-order chi connectivity index (χ0) is 19.5. The van der Waals surface area contributed by atoms with E-state index in [9.17, 15) is 13.5 Å². The molecule has 1 heterocycles. The van der Waals surface area contributed by atoms with Crippen LogP contribution in [0.25, 0.3) is 0 Å². The van der Waals surface area contributed by atoms with Gasteiger partial charge in [0.15, 0.2) is 9.84 Å². The maximum atomic E-state index is 13.4. The molecule has 158 valence electrons. The third-order valence-corrected chi connectivity index (χ3v) is 12.0. The van der Waals surface area contributed by atoms with Crippen LogP contribution < -0.4 is 0 Å². The molecule has 27 heavy (non-hydrogen) atoms. The summed E-state index contributed by atoms with van der Waals surface area (Å²) in [6.07, 6.45) is 13.6. The van der Waals surface area contributed by atoms with Crippen molar-refractivity contribution in [3.05, 3.63) is 0 Å². The van der Waals surface area contributed by atoms with Gasteiger partial charge in [-0.05, 0) is 44.4 Å². The van der Waals surface area contributed by atoms with Crippen molar-refractivity contribution in [3.8, 4) is 0 Å². The molecule has 0 bridgehead atoms. The van der Waals surface area contributed by atoms with E-state index in [2.05, 4.69) is 13.8 Å². The fraction of sp³-hybridized carbons (Fsp3) is 1.00. The molecule has 2 aliphatic carbocycles. The number of sulfone groups is 1. The monoisotopic (exact) mass is 416 g/mol. The molecule has 1 saturated heterocycles. The number of thioether (sulfide) groups is 1. The first-order valence-corrected chi connectivity index (χ1v) is 14.1. The van der Waals surface area contributed by atoms with Crippen molar-refractivity contribution in [3.63, 3.8) is 0 Å². The number of fused-ring (bicyclic) bond motifs is 1. The average molecular weight is 417 g/mol. The van der Waals surface area contributed by atoms with Gasteiger partial charge in [-0.15, -0.1) is 0 Å². The zero-order valence-corrected chi connectivity index (χ0v) is 19.0. The first kappa shape index (κ1) is 22.0. The van der Waals surface area contributed by atoms with Crippen molar-refractivity contribution >= 4 is 21.6 Å². The van der Waals surface area contributed by atoms with Crippen LogP contribution in [0.2, 0.25) is 0 Å². The Kier molecular flexibility index (Phi) is 7.63. The van der Waals surface area contributed by atoms with Gasteiger partial charge in [-0.25, -0.2) is 8.42 Å². The number of unbranched alkanes of at least 4 members (excludes halogenated alkanes) is 1. The lowest BCUT2D eigenvalue weighted by atomic mass is 9.72. The van der Waals surface area contributed by atoms with Crippen molar-refractivity contribution in [2.75, 3.05) is 5.75 Å². The Labute approximate surface area is 171 Å². The number of rotatable bonds is 6. The lowest BCUT2D eigenvalue weighted by Gasteiger charge is -2.42. The van der Waals surface area contributed by atoms with Gasteiger partial charge in [0.2, 0.25) is 0 Å². The van der Waals surface area contributed by atoms with E-state index in [-0.39, 0.29) is 22.2 Å². The fourth-order valence-electron chi connectivity index (χ4n) is 5.96. The molecule has 5 atom stereocenters. The van der Waals surface area contributed by atoms with Crippen molar-refractivity contribution in [2.45, 2.75) is 119 Å². The Morgan fingerprint density at radius 1 is 1.00 bits per heavy atom. The zero-order valence-electron chi connectivity index (χ0n) is 17.4. The van der Waals surface area contributed by atoms with E-state index in [1.165, 1.54) is 32.1 Å². The molecule has 3 fully saturated rings. The molecule has 3 rings (SSSR count). The second-order valence-corrected chi connectivity index (χ2v) is 13.1. The predicted molar refractivity (Wildman–Crippen MR) is 116 cm³/mol. The topological polar surface area (TPSA) is 54.4 Å². The lowest BCUT2D eigenvalue weighted by molar-refractivity contribution is 0.0172. The van der Waals surface area contributed by atoms with Gasteiger partial charge in [-0.1, -0.05) is 58.8 Å². The maximum absolute atomic E-state index is 13.4. The first-order valence-electron chi connectivity index (χ1n) is 11.5. The minimum absolute atomic E-state index is 0.104. The summed E-state index contributed by atoms with van der Waals surface area (Å²) in [7, 11) is -3.15. The number of hydrogen-bond acceptors (Lipinski definition) is 4. The minimum atomic E-state index is -3.15. The standard InChI is InChI=1S/C22H40O3S2/c1-3-5-15-22(4-2)16-27(24,25)19-14-10-9-13-18(19)20(21(22)23)26-17-11-7-6-8-12-17/h17-21,23H,3-16H2,1-2H3. The second kappa shape index (κ2) is 9.38. The molecule has 3 aliphatic rings. The molecule has 3 nitrogen and oxygen atoms in total. The van der Waals surface area contributed by atoms with Gasteiger partial charge in [-0.2, -0.15) is 11.8 Å². The number of aliphatic hydroxyl groups is 1. The summed E-state index contributed by atoms with van der Waals surface area (Å²) in [5.41, 5.74) is -0.446. The van der Waals surface area contributed by atoms with Gasteiger partial charge in [0, 0.05) is 15.9 Å². The Bertz CT molecular complexity index is 570. The summed E-state index contributed by atoms with van der Waals surface area (Å²) in [5.74, 6) is 0.362. The maximum Gasteiger partial charge on any atom is 0.154 e. The van der Waals surface area contributed by atoms with Crippen molar-refractivity contribution in [2.24, 2.45) is 11.3 Å². The molecule has 0 aromatic rings. The van der Waals surface area contributed by atoms with Gasteiger partial charge >= 0.3 is 0 Å². The largest absolute Gasteiger partial charge is 0.391 e. The molecule has 5 heteroatoms. The Morgan fingerprint density at radius 2 is 1.67 bits per heavy atom. The summed E-state index contributed by atoms with van der Waals surface area (Å²) in [5, 5.41) is 12.2. The van der Waals surface area contributed by atoms with Gasteiger partial charge in [0.25, 0.3) is 0 Å². The van der Waals surface area contributed by atoms with Crippen molar-refractivity contribution < 1.29 is 13.5 Å². The normalized spacial score (nSPS) is 40.3. The molecule has 0 amide bonds. The van der Waals surface area contributed by atoms with Gasteiger partial charge in [0.1, 0.15) is 0 Å². The van der Waals surface area contributed by atoms with Crippen molar-refractivity contribution in [1.29, 1.82) is 0 Å². The molecule has 0 spiro atoms. The number of aliphatic hydroxyl groups excluding tert-OH is 1. The van der Waals surface area contributed by atoms with Crippen LogP contribution in [0.1, 0.15) is 97.3 Å². The Hall–Kier alpha value is 0.260. The third-order valence-electron chi connectivity index (χ3n) is 7.70. The summed E-state index contributed by atoms with van der Waals surface area (Å²) in [6, 6.07) is 0. The molecule has 0 radical (unpaired) electrons. The van der Waals surface area contributed by atoms with Gasteiger partial charge in [-0.3, -0.25) is 0 Å². The highest BCUT2D eigenvalue weighted by molar-refractivity contribution is 8.00. The lowest BCUT2D eigenvalue weighted by Crippen LogP contribution is -2.46. The van der Waals surface area contributed by atoms with Crippen molar-refractivity contribution in [1.82, 2.24) is 0 Å². The van der Waals surface area contributed by atoms with E-state index >= 15 is 0 Å². The van der Waals surface area contributed by atoms with Crippen LogP contribution in [0.5, 0.6) is 0 Å². The van der Waals surface area contributed by atoms with Crippen LogP contribution in [0.3, 0.4) is 0 Å². The van der Waals surface area contributed by atoms with E-state index in [0.717, 1.165) is 51.4 Å². The molecular weight excluding hydrogens is 376 g/mol. The number of hydrogen-bond donors (Lipinski definition) is 1. The van der Waals surface area contributed by atoms with Crippen LogP contribution in [0.4, 0.5) is 0 Å². The molecule has 2 saturated carbocycles. The summed E-state index contributed by atoms with van der Waals surface area (Å²) in [4.78, 5) is 0. The molecule has 0 aromatic carbocycles. The van der Waals surface area contributed by atoms with Crippen LogP contribution >= 0.6 is 11.8 Å². The SMILES string of the molecule is CCCCC1(CC)CS(=O)(=O)C2CCCCC2C(SC2CCCCC2)C1O. The minimum Gasteiger partial charge on any atom is -0.391 e. The molecule has 5 unspecified atom stereocenters. The smallest absolute Gasteiger partial charge is 0.154 e. The fourth-order valence-corrected chi connectivity index (χ4v) is 11.0. The Balaban J connectivity index is 1.95. The summed E-state index contributed by atoms with van der Waals surface area (Å²) in [6.45, 7) is 4.26. The summed E-state index contributed by atoms with van der Waals surface area (Å²) < 4.78 is 26.9. The quantitative estimate of drug-likeness (QED) is 0.633. The van der Waals surface area contributed by atoms with Crippen LogP contribution in [0, 0.1) is 11.3 Å². The first-order chi connectivity index (χ1) is 12.9. The molecule has 1 N–H and O–H groups in total. The van der Waals surface area contributed by atoms with Crippen LogP contribution in [0.15, 0.2) is 0 Å².